The number of benzene rings is 1. The molecule has 21 heavy (non-hydrogen) atoms. The van der Waals surface area contributed by atoms with Gasteiger partial charge >= 0.3 is 0 Å². The first-order chi connectivity index (χ1) is 10.2. The van der Waals surface area contributed by atoms with Crippen LogP contribution in [-0.2, 0) is 11.3 Å². The van der Waals surface area contributed by atoms with Gasteiger partial charge in [0.25, 0.3) is 5.56 Å². The molecule has 2 rings (SSSR count). The van der Waals surface area contributed by atoms with Crippen LogP contribution < -0.4 is 10.9 Å². The van der Waals surface area contributed by atoms with Gasteiger partial charge in [-0.25, -0.2) is 4.68 Å². The number of nitrogens with one attached hydrogen (secondary N) is 1. The van der Waals surface area contributed by atoms with Crippen molar-refractivity contribution in [2.24, 2.45) is 0 Å². The Labute approximate surface area is 123 Å². The molecule has 2 aromatic rings. The van der Waals surface area contributed by atoms with Crippen LogP contribution in [0.2, 0.25) is 0 Å². The smallest absolute Gasteiger partial charge is 0.266 e. The average Bonchev–Trinajstić information content (AvgIpc) is 2.51. The molecule has 1 atom stereocenters. The minimum Gasteiger partial charge on any atom is -0.354 e. The van der Waals surface area contributed by atoms with Gasteiger partial charge in [-0.1, -0.05) is 37.3 Å². The minimum atomic E-state index is -0.165. The highest BCUT2D eigenvalue weighted by Gasteiger charge is 2.17. The second-order valence-electron chi connectivity index (χ2n) is 4.75. The van der Waals surface area contributed by atoms with Crippen molar-refractivity contribution in [2.45, 2.75) is 25.8 Å². The third-order valence-corrected chi connectivity index (χ3v) is 3.33. The van der Waals surface area contributed by atoms with E-state index in [-0.39, 0.29) is 17.4 Å². The van der Waals surface area contributed by atoms with Gasteiger partial charge in [-0.15, -0.1) is 0 Å². The largest absolute Gasteiger partial charge is 0.354 e. The maximum absolute atomic E-state index is 12.2. The van der Waals surface area contributed by atoms with Crippen LogP contribution in [0.4, 0.5) is 0 Å². The molecule has 1 N–H and O–H groups in total. The van der Waals surface area contributed by atoms with Crippen molar-refractivity contribution in [3.8, 4) is 0 Å². The summed E-state index contributed by atoms with van der Waals surface area (Å²) in [6, 6.07) is 12.8. The lowest BCUT2D eigenvalue weighted by Crippen LogP contribution is -2.34. The highest BCUT2D eigenvalue weighted by molar-refractivity contribution is 5.83. The second kappa shape index (κ2) is 7.38. The number of carbonyl (C=O) groups is 1. The van der Waals surface area contributed by atoms with Crippen LogP contribution in [0.3, 0.4) is 0 Å². The van der Waals surface area contributed by atoms with Crippen molar-refractivity contribution in [1.29, 1.82) is 0 Å². The van der Waals surface area contributed by atoms with Gasteiger partial charge in [0.1, 0.15) is 0 Å². The van der Waals surface area contributed by atoms with Gasteiger partial charge in [0.05, 0.1) is 12.5 Å². The van der Waals surface area contributed by atoms with Gasteiger partial charge in [-0.3, -0.25) is 9.59 Å². The van der Waals surface area contributed by atoms with Gasteiger partial charge in [0, 0.05) is 18.8 Å². The van der Waals surface area contributed by atoms with Crippen LogP contribution in [0.5, 0.6) is 0 Å². The molecule has 1 aromatic heterocycles. The Hall–Kier alpha value is -2.43. The molecule has 1 amide bonds. The van der Waals surface area contributed by atoms with E-state index in [1.165, 1.54) is 10.7 Å². The maximum Gasteiger partial charge on any atom is 0.266 e. The lowest BCUT2D eigenvalue weighted by molar-refractivity contribution is -0.122. The first-order valence-corrected chi connectivity index (χ1v) is 7.07. The molecule has 5 heteroatoms. The van der Waals surface area contributed by atoms with Gasteiger partial charge in [0.15, 0.2) is 0 Å². The number of aromatic nitrogens is 2. The van der Waals surface area contributed by atoms with Gasteiger partial charge < -0.3 is 5.32 Å². The highest BCUT2D eigenvalue weighted by Crippen LogP contribution is 2.18. The Morgan fingerprint density at radius 1 is 1.24 bits per heavy atom. The number of hydrogen-bond donors (Lipinski definition) is 1. The molecule has 110 valence electrons. The quantitative estimate of drug-likeness (QED) is 0.876. The van der Waals surface area contributed by atoms with E-state index in [0.717, 1.165) is 12.0 Å². The van der Waals surface area contributed by atoms with Crippen LogP contribution in [-0.4, -0.2) is 22.2 Å². The predicted octanol–water partition coefficient (Wildman–Crippen LogP) is 1.55. The summed E-state index contributed by atoms with van der Waals surface area (Å²) in [6.45, 7) is 2.75. The predicted molar refractivity (Wildman–Crippen MR) is 81.0 cm³/mol. The Bertz CT molecular complexity index is 637. The average molecular weight is 285 g/mol. The van der Waals surface area contributed by atoms with E-state index < -0.39 is 0 Å². The standard InChI is InChI=1S/C16H19N3O2/c1-2-14(13-7-4-3-5-8-13)16(21)17-11-12-19-15(20)9-6-10-18-19/h3-10,14H,2,11-12H2,1H3,(H,17,21)/t14-/m0/s1. The molecule has 0 bridgehead atoms. The number of hydrogen-bond acceptors (Lipinski definition) is 3. The van der Waals surface area contributed by atoms with Gasteiger partial charge in [0.2, 0.25) is 5.91 Å². The minimum absolute atomic E-state index is 0.0207. The van der Waals surface area contributed by atoms with Crippen molar-refractivity contribution in [3.63, 3.8) is 0 Å². The fourth-order valence-electron chi connectivity index (χ4n) is 2.22. The molecule has 1 aromatic carbocycles. The number of rotatable bonds is 6. The van der Waals surface area contributed by atoms with Crippen molar-refractivity contribution in [3.05, 3.63) is 64.6 Å². The Morgan fingerprint density at radius 2 is 2.00 bits per heavy atom. The molecule has 0 aliphatic rings. The topological polar surface area (TPSA) is 64.0 Å². The Morgan fingerprint density at radius 3 is 2.67 bits per heavy atom. The zero-order chi connectivity index (χ0) is 15.1. The van der Waals surface area contributed by atoms with E-state index >= 15 is 0 Å². The number of nitrogens with zero attached hydrogens (tertiary/aromatic N) is 2. The monoisotopic (exact) mass is 285 g/mol. The first-order valence-electron chi connectivity index (χ1n) is 7.07. The molecule has 0 unspecified atom stereocenters. The SMILES string of the molecule is CC[C@H](C(=O)NCCn1ncccc1=O)c1ccccc1. The lowest BCUT2D eigenvalue weighted by atomic mass is 9.96. The van der Waals surface area contributed by atoms with E-state index in [1.807, 2.05) is 37.3 Å². The van der Waals surface area contributed by atoms with Crippen molar-refractivity contribution in [1.82, 2.24) is 15.1 Å². The first kappa shape index (κ1) is 15.0. The summed E-state index contributed by atoms with van der Waals surface area (Å²) in [5, 5.41) is 6.82. The summed E-state index contributed by atoms with van der Waals surface area (Å²) in [7, 11) is 0. The third-order valence-electron chi connectivity index (χ3n) is 3.33. The molecular formula is C16H19N3O2. The molecule has 0 spiro atoms. The molecule has 0 aliphatic heterocycles. The zero-order valence-electron chi connectivity index (χ0n) is 12.0. The molecule has 0 saturated carbocycles. The van der Waals surface area contributed by atoms with E-state index in [0.29, 0.717) is 13.1 Å². The van der Waals surface area contributed by atoms with Crippen molar-refractivity contribution in [2.75, 3.05) is 6.54 Å². The molecule has 5 nitrogen and oxygen atoms in total. The van der Waals surface area contributed by atoms with E-state index in [1.54, 1.807) is 12.3 Å². The van der Waals surface area contributed by atoms with Gasteiger partial charge in [-0.05, 0) is 18.1 Å². The molecule has 1 heterocycles. The van der Waals surface area contributed by atoms with Crippen molar-refractivity contribution < 1.29 is 4.79 Å². The van der Waals surface area contributed by atoms with Crippen LogP contribution in [0.15, 0.2) is 53.5 Å². The molecule has 0 aliphatic carbocycles. The van der Waals surface area contributed by atoms with E-state index in [4.69, 9.17) is 0 Å². The molecule has 0 saturated heterocycles. The Kier molecular flexibility index (Phi) is 5.26. The highest BCUT2D eigenvalue weighted by atomic mass is 16.2. The fraction of sp³-hybridized carbons (Fsp3) is 0.312. The summed E-state index contributed by atoms with van der Waals surface area (Å²) in [4.78, 5) is 23.7. The van der Waals surface area contributed by atoms with Crippen LogP contribution >= 0.6 is 0 Å². The van der Waals surface area contributed by atoms with Crippen LogP contribution in [0.1, 0.15) is 24.8 Å². The Balaban J connectivity index is 1.92. The number of amides is 1. The summed E-state index contributed by atoms with van der Waals surface area (Å²) < 4.78 is 1.34. The van der Waals surface area contributed by atoms with Crippen molar-refractivity contribution >= 4 is 5.91 Å². The summed E-state index contributed by atoms with van der Waals surface area (Å²) in [5.74, 6) is -0.181. The number of carbonyl (C=O) groups excluding carboxylic acids is 1. The second-order valence-corrected chi connectivity index (χ2v) is 4.75. The van der Waals surface area contributed by atoms with E-state index in [2.05, 4.69) is 10.4 Å². The molecule has 0 fully saturated rings. The maximum atomic E-state index is 12.2. The molecular weight excluding hydrogens is 266 g/mol. The normalized spacial score (nSPS) is 11.9. The van der Waals surface area contributed by atoms with Crippen LogP contribution in [0, 0.1) is 0 Å². The zero-order valence-corrected chi connectivity index (χ0v) is 12.0. The summed E-state index contributed by atoms with van der Waals surface area (Å²) in [5.41, 5.74) is 0.842. The summed E-state index contributed by atoms with van der Waals surface area (Å²) >= 11 is 0. The van der Waals surface area contributed by atoms with E-state index in [9.17, 15) is 9.59 Å². The summed E-state index contributed by atoms with van der Waals surface area (Å²) in [6.07, 6.45) is 2.29. The molecule has 0 radical (unpaired) electrons. The van der Waals surface area contributed by atoms with Crippen LogP contribution in [0.25, 0.3) is 0 Å². The van der Waals surface area contributed by atoms with Gasteiger partial charge in [-0.2, -0.15) is 5.10 Å². The third kappa shape index (κ3) is 4.02. The fourth-order valence-corrected chi connectivity index (χ4v) is 2.22. The lowest BCUT2D eigenvalue weighted by Gasteiger charge is -2.15.